The van der Waals surface area contributed by atoms with E-state index in [9.17, 15) is 4.79 Å². The summed E-state index contributed by atoms with van der Waals surface area (Å²) in [4.78, 5) is 18.1. The predicted octanol–water partition coefficient (Wildman–Crippen LogP) is 1.41. The molecule has 0 radical (unpaired) electrons. The molecule has 3 heterocycles. The molecule has 0 unspecified atom stereocenters. The standard InChI is InChI=1S/C13H11N5O/c14-13-11(8-4-6-15-7-5-8)12(17-18-13)9-2-1-3-10(19)16-9/h1-7H,(H,16,19)(H3,14,17,18). The number of anilines is 1. The van der Waals surface area contributed by atoms with Crippen molar-refractivity contribution in [3.63, 3.8) is 0 Å². The number of rotatable bonds is 2. The largest absolute Gasteiger partial charge is 0.382 e. The van der Waals surface area contributed by atoms with Gasteiger partial charge in [-0.25, -0.2) is 0 Å². The third-order valence-electron chi connectivity index (χ3n) is 2.80. The molecular weight excluding hydrogens is 242 g/mol. The highest BCUT2D eigenvalue weighted by atomic mass is 16.1. The minimum Gasteiger partial charge on any atom is -0.382 e. The summed E-state index contributed by atoms with van der Waals surface area (Å²) >= 11 is 0. The van der Waals surface area contributed by atoms with Crippen molar-refractivity contribution in [3.05, 3.63) is 53.1 Å². The molecule has 0 saturated heterocycles. The molecule has 0 aliphatic rings. The second-order valence-electron chi connectivity index (χ2n) is 4.02. The molecular formula is C13H11N5O. The second kappa shape index (κ2) is 4.41. The summed E-state index contributed by atoms with van der Waals surface area (Å²) in [6.45, 7) is 0. The zero-order valence-electron chi connectivity index (χ0n) is 9.92. The van der Waals surface area contributed by atoms with Gasteiger partial charge >= 0.3 is 0 Å². The first-order valence-electron chi connectivity index (χ1n) is 5.69. The molecule has 0 spiro atoms. The van der Waals surface area contributed by atoms with Crippen LogP contribution in [0.2, 0.25) is 0 Å². The number of pyridine rings is 2. The van der Waals surface area contributed by atoms with Crippen molar-refractivity contribution in [2.24, 2.45) is 0 Å². The van der Waals surface area contributed by atoms with Gasteiger partial charge in [0.25, 0.3) is 0 Å². The molecule has 6 nitrogen and oxygen atoms in total. The van der Waals surface area contributed by atoms with Gasteiger partial charge in [-0.15, -0.1) is 0 Å². The van der Waals surface area contributed by atoms with Crippen LogP contribution in [-0.2, 0) is 0 Å². The molecule has 4 N–H and O–H groups in total. The summed E-state index contributed by atoms with van der Waals surface area (Å²) in [6.07, 6.45) is 3.36. The van der Waals surface area contributed by atoms with Crippen LogP contribution in [-0.4, -0.2) is 20.2 Å². The fourth-order valence-electron chi connectivity index (χ4n) is 1.96. The molecule has 0 amide bonds. The third kappa shape index (κ3) is 1.99. The van der Waals surface area contributed by atoms with Crippen LogP contribution in [0.1, 0.15) is 0 Å². The Balaban J connectivity index is 2.22. The van der Waals surface area contributed by atoms with Crippen LogP contribution in [0.3, 0.4) is 0 Å². The quantitative estimate of drug-likeness (QED) is 0.642. The van der Waals surface area contributed by atoms with Crippen molar-refractivity contribution >= 4 is 5.82 Å². The topological polar surface area (TPSA) is 100 Å². The highest BCUT2D eigenvalue weighted by Gasteiger charge is 2.14. The van der Waals surface area contributed by atoms with Crippen molar-refractivity contribution in [2.45, 2.75) is 0 Å². The summed E-state index contributed by atoms with van der Waals surface area (Å²) in [6, 6.07) is 8.60. The van der Waals surface area contributed by atoms with E-state index < -0.39 is 0 Å². The van der Waals surface area contributed by atoms with Crippen LogP contribution in [0.15, 0.2) is 47.5 Å². The maximum Gasteiger partial charge on any atom is 0.248 e. The SMILES string of the molecule is Nc1n[nH]c(-c2cccc(=O)[nH]2)c1-c1ccncc1. The molecule has 0 aliphatic carbocycles. The maximum absolute atomic E-state index is 11.4. The number of hydrogen-bond acceptors (Lipinski definition) is 4. The van der Waals surface area contributed by atoms with Crippen molar-refractivity contribution in [3.8, 4) is 22.5 Å². The number of hydrogen-bond donors (Lipinski definition) is 3. The number of nitrogen functional groups attached to an aromatic ring is 1. The van der Waals surface area contributed by atoms with Gasteiger partial charge in [0, 0.05) is 18.5 Å². The van der Waals surface area contributed by atoms with Gasteiger partial charge in [-0.05, 0) is 23.8 Å². The Hall–Kier alpha value is -2.89. The molecule has 0 atom stereocenters. The number of aromatic nitrogens is 4. The van der Waals surface area contributed by atoms with Crippen LogP contribution in [0, 0.1) is 0 Å². The molecule has 0 bridgehead atoms. The molecule has 6 heteroatoms. The summed E-state index contributed by atoms with van der Waals surface area (Å²) in [7, 11) is 0. The summed E-state index contributed by atoms with van der Waals surface area (Å²) < 4.78 is 0. The Morgan fingerprint density at radius 2 is 1.89 bits per heavy atom. The second-order valence-corrected chi connectivity index (χ2v) is 4.02. The van der Waals surface area contributed by atoms with E-state index in [2.05, 4.69) is 20.2 Å². The lowest BCUT2D eigenvalue weighted by atomic mass is 10.1. The maximum atomic E-state index is 11.4. The first kappa shape index (κ1) is 11.2. The van der Waals surface area contributed by atoms with E-state index in [1.54, 1.807) is 24.5 Å². The van der Waals surface area contributed by atoms with Crippen LogP contribution in [0.5, 0.6) is 0 Å². The Bertz CT molecular complexity index is 760. The lowest BCUT2D eigenvalue weighted by molar-refractivity contribution is 1.09. The van der Waals surface area contributed by atoms with Gasteiger partial charge in [0.05, 0.1) is 17.0 Å². The summed E-state index contributed by atoms with van der Waals surface area (Å²) in [5.41, 5.74) is 8.69. The minimum atomic E-state index is -0.175. The zero-order chi connectivity index (χ0) is 13.2. The number of nitrogens with zero attached hydrogens (tertiary/aromatic N) is 2. The average molecular weight is 253 g/mol. The summed E-state index contributed by atoms with van der Waals surface area (Å²) in [5, 5.41) is 6.86. The third-order valence-corrected chi connectivity index (χ3v) is 2.80. The lowest BCUT2D eigenvalue weighted by Gasteiger charge is -2.04. The van der Waals surface area contributed by atoms with E-state index in [1.165, 1.54) is 6.07 Å². The van der Waals surface area contributed by atoms with Crippen LogP contribution in [0.4, 0.5) is 5.82 Å². The van der Waals surface area contributed by atoms with Crippen molar-refractivity contribution in [1.29, 1.82) is 0 Å². The van der Waals surface area contributed by atoms with E-state index in [0.717, 1.165) is 11.1 Å². The normalized spacial score (nSPS) is 10.5. The molecule has 0 saturated carbocycles. The fraction of sp³-hybridized carbons (Fsp3) is 0. The number of nitrogens with two attached hydrogens (primary N) is 1. The number of aromatic amines is 2. The molecule has 0 fully saturated rings. The van der Waals surface area contributed by atoms with Gasteiger partial charge in [0.15, 0.2) is 5.82 Å². The molecule has 0 aromatic carbocycles. The lowest BCUT2D eigenvalue weighted by Crippen LogP contribution is -2.04. The van der Waals surface area contributed by atoms with E-state index in [0.29, 0.717) is 17.2 Å². The van der Waals surface area contributed by atoms with Crippen molar-refractivity contribution in [1.82, 2.24) is 20.2 Å². The molecule has 3 aromatic rings. The number of nitrogens with one attached hydrogen (secondary N) is 2. The smallest absolute Gasteiger partial charge is 0.248 e. The molecule has 94 valence electrons. The van der Waals surface area contributed by atoms with Crippen LogP contribution in [0.25, 0.3) is 22.5 Å². The Labute approximate surface area is 108 Å². The van der Waals surface area contributed by atoms with Crippen molar-refractivity contribution < 1.29 is 0 Å². The summed E-state index contributed by atoms with van der Waals surface area (Å²) in [5.74, 6) is 0.380. The monoisotopic (exact) mass is 253 g/mol. The Kier molecular flexibility index (Phi) is 2.60. The van der Waals surface area contributed by atoms with Crippen LogP contribution < -0.4 is 11.3 Å². The van der Waals surface area contributed by atoms with Crippen molar-refractivity contribution in [2.75, 3.05) is 5.73 Å². The molecule has 0 aliphatic heterocycles. The van der Waals surface area contributed by atoms with Gasteiger partial charge in [-0.3, -0.25) is 14.9 Å². The highest BCUT2D eigenvalue weighted by molar-refractivity contribution is 5.86. The van der Waals surface area contributed by atoms with E-state index >= 15 is 0 Å². The minimum absolute atomic E-state index is 0.175. The van der Waals surface area contributed by atoms with Gasteiger partial charge in [0.2, 0.25) is 5.56 Å². The van der Waals surface area contributed by atoms with Gasteiger partial charge < -0.3 is 10.7 Å². The van der Waals surface area contributed by atoms with E-state index in [4.69, 9.17) is 5.73 Å². The number of H-pyrrole nitrogens is 2. The molecule has 3 aromatic heterocycles. The first-order valence-corrected chi connectivity index (χ1v) is 5.69. The first-order chi connectivity index (χ1) is 9.25. The zero-order valence-corrected chi connectivity index (χ0v) is 9.92. The fourth-order valence-corrected chi connectivity index (χ4v) is 1.96. The average Bonchev–Trinajstić information content (AvgIpc) is 2.82. The highest BCUT2D eigenvalue weighted by Crippen LogP contribution is 2.32. The molecule has 3 rings (SSSR count). The van der Waals surface area contributed by atoms with Gasteiger partial charge in [0.1, 0.15) is 0 Å². The Morgan fingerprint density at radius 3 is 2.63 bits per heavy atom. The van der Waals surface area contributed by atoms with Gasteiger partial charge in [-0.1, -0.05) is 6.07 Å². The predicted molar refractivity (Wildman–Crippen MR) is 72.3 cm³/mol. The van der Waals surface area contributed by atoms with Crippen LogP contribution >= 0.6 is 0 Å². The van der Waals surface area contributed by atoms with E-state index in [-0.39, 0.29) is 5.56 Å². The Morgan fingerprint density at radius 1 is 1.11 bits per heavy atom. The van der Waals surface area contributed by atoms with Gasteiger partial charge in [-0.2, -0.15) is 5.10 Å². The molecule has 19 heavy (non-hydrogen) atoms. The van der Waals surface area contributed by atoms with E-state index in [1.807, 2.05) is 12.1 Å².